The number of piperidine rings is 1. The molecule has 26 heavy (non-hydrogen) atoms. The van der Waals surface area contributed by atoms with Gasteiger partial charge in [-0.05, 0) is 31.9 Å². The average Bonchev–Trinajstić information content (AvgIpc) is 3.32. The fraction of sp³-hybridized carbons (Fsp3) is 0.389. The van der Waals surface area contributed by atoms with Gasteiger partial charge in [0.1, 0.15) is 5.76 Å². The van der Waals surface area contributed by atoms with Gasteiger partial charge >= 0.3 is 0 Å². The Hall–Kier alpha value is -3.03. The summed E-state index contributed by atoms with van der Waals surface area (Å²) in [5, 5.41) is 8.01. The molecule has 0 spiro atoms. The molecule has 0 saturated carbocycles. The van der Waals surface area contributed by atoms with Crippen molar-refractivity contribution in [3.05, 3.63) is 47.9 Å². The molecule has 1 unspecified atom stereocenters. The van der Waals surface area contributed by atoms with Gasteiger partial charge in [-0.3, -0.25) is 9.78 Å². The van der Waals surface area contributed by atoms with E-state index in [1.54, 1.807) is 30.3 Å². The van der Waals surface area contributed by atoms with Crippen LogP contribution in [0.15, 0.2) is 39.6 Å². The lowest BCUT2D eigenvalue weighted by Gasteiger charge is -2.38. The molecule has 8 nitrogen and oxygen atoms in total. The van der Waals surface area contributed by atoms with Crippen molar-refractivity contribution < 1.29 is 13.8 Å². The third kappa shape index (κ3) is 2.98. The number of nitrogens with zero attached hydrogens (tertiary/aromatic N) is 5. The zero-order valence-corrected chi connectivity index (χ0v) is 14.7. The van der Waals surface area contributed by atoms with Crippen LogP contribution in [0, 0.1) is 6.92 Å². The first-order chi connectivity index (χ1) is 12.5. The van der Waals surface area contributed by atoms with Crippen LogP contribution in [0.25, 0.3) is 11.5 Å². The third-order valence-electron chi connectivity index (χ3n) is 4.72. The summed E-state index contributed by atoms with van der Waals surface area (Å²) in [6.45, 7) is 5.01. The number of pyridine rings is 1. The lowest BCUT2D eigenvalue weighted by atomic mass is 9.81. The number of hydrogen-bond donors (Lipinski definition) is 0. The predicted octanol–water partition coefficient (Wildman–Crippen LogP) is 2.62. The van der Waals surface area contributed by atoms with E-state index in [0.717, 1.165) is 18.4 Å². The minimum atomic E-state index is -0.374. The molecule has 4 rings (SSSR count). The molecule has 1 saturated heterocycles. The number of carbonyl (C=O) groups excluding carboxylic acids is 1. The standard InChI is InChI=1S/C18H19N5O3/c1-12-10-14(21-25-12)16(24)23-9-3-6-18(2,11-23)17-20-15(26-22-17)13-4-7-19-8-5-13/h4-5,7-8,10H,3,6,9,11H2,1-2H3. The van der Waals surface area contributed by atoms with Crippen molar-refractivity contribution in [2.75, 3.05) is 13.1 Å². The number of aryl methyl sites for hydroxylation is 1. The topological polar surface area (TPSA) is 98.2 Å². The van der Waals surface area contributed by atoms with E-state index < -0.39 is 0 Å². The Balaban J connectivity index is 1.56. The maximum atomic E-state index is 12.7. The molecule has 0 aliphatic carbocycles. The van der Waals surface area contributed by atoms with Gasteiger partial charge in [0.25, 0.3) is 11.8 Å². The highest BCUT2D eigenvalue weighted by atomic mass is 16.5. The number of rotatable bonds is 3. The van der Waals surface area contributed by atoms with Gasteiger partial charge in [0.15, 0.2) is 11.5 Å². The van der Waals surface area contributed by atoms with Crippen LogP contribution in [0.5, 0.6) is 0 Å². The van der Waals surface area contributed by atoms with Crippen LogP contribution in [0.1, 0.15) is 41.8 Å². The van der Waals surface area contributed by atoms with Gasteiger partial charge in [0.2, 0.25) is 0 Å². The smallest absolute Gasteiger partial charge is 0.276 e. The normalized spacial score (nSPS) is 20.3. The van der Waals surface area contributed by atoms with Crippen LogP contribution >= 0.6 is 0 Å². The first kappa shape index (κ1) is 16.4. The molecule has 3 aromatic heterocycles. The van der Waals surface area contributed by atoms with Crippen LogP contribution in [0.2, 0.25) is 0 Å². The minimum Gasteiger partial charge on any atom is -0.361 e. The second kappa shape index (κ2) is 6.36. The number of amides is 1. The summed E-state index contributed by atoms with van der Waals surface area (Å²) in [5.74, 6) is 1.55. The number of aromatic nitrogens is 4. The minimum absolute atomic E-state index is 0.134. The number of hydrogen-bond acceptors (Lipinski definition) is 7. The quantitative estimate of drug-likeness (QED) is 0.714. The fourth-order valence-corrected chi connectivity index (χ4v) is 3.30. The molecule has 0 aromatic carbocycles. The molecule has 1 aliphatic heterocycles. The second-order valence-electron chi connectivity index (χ2n) is 6.87. The van der Waals surface area contributed by atoms with Crippen LogP contribution in [-0.4, -0.2) is 44.2 Å². The molecule has 8 heteroatoms. The van der Waals surface area contributed by atoms with E-state index in [1.165, 1.54) is 0 Å². The van der Waals surface area contributed by atoms with Gasteiger partial charge in [-0.1, -0.05) is 17.2 Å². The van der Waals surface area contributed by atoms with Gasteiger partial charge in [0.05, 0.1) is 0 Å². The first-order valence-electron chi connectivity index (χ1n) is 8.52. The largest absolute Gasteiger partial charge is 0.361 e. The van der Waals surface area contributed by atoms with E-state index in [-0.39, 0.29) is 11.3 Å². The van der Waals surface area contributed by atoms with Crippen molar-refractivity contribution in [3.63, 3.8) is 0 Å². The molecule has 134 valence electrons. The highest BCUT2D eigenvalue weighted by Gasteiger charge is 2.39. The summed E-state index contributed by atoms with van der Waals surface area (Å²) in [6.07, 6.45) is 5.10. The molecule has 0 N–H and O–H groups in total. The van der Waals surface area contributed by atoms with Gasteiger partial charge in [0, 0.05) is 42.5 Å². The average molecular weight is 353 g/mol. The highest BCUT2D eigenvalue weighted by molar-refractivity contribution is 5.92. The Morgan fingerprint density at radius 3 is 2.77 bits per heavy atom. The van der Waals surface area contributed by atoms with Crippen molar-refractivity contribution in [1.29, 1.82) is 0 Å². The van der Waals surface area contributed by atoms with E-state index in [1.807, 2.05) is 12.1 Å². The summed E-state index contributed by atoms with van der Waals surface area (Å²) in [5.41, 5.74) is 0.781. The molecule has 1 atom stereocenters. The molecule has 0 radical (unpaired) electrons. The first-order valence-corrected chi connectivity index (χ1v) is 8.52. The van der Waals surface area contributed by atoms with Crippen LogP contribution in [0.4, 0.5) is 0 Å². The monoisotopic (exact) mass is 353 g/mol. The van der Waals surface area contributed by atoms with E-state index in [4.69, 9.17) is 9.05 Å². The van der Waals surface area contributed by atoms with Crippen molar-refractivity contribution in [1.82, 2.24) is 25.2 Å². The molecule has 4 heterocycles. The van der Waals surface area contributed by atoms with Crippen molar-refractivity contribution in [2.45, 2.75) is 32.1 Å². The van der Waals surface area contributed by atoms with E-state index >= 15 is 0 Å². The Morgan fingerprint density at radius 1 is 1.23 bits per heavy atom. The molecular formula is C18H19N5O3. The summed E-state index contributed by atoms with van der Waals surface area (Å²) < 4.78 is 10.5. The van der Waals surface area contributed by atoms with Gasteiger partial charge < -0.3 is 13.9 Å². The van der Waals surface area contributed by atoms with Crippen LogP contribution in [0.3, 0.4) is 0 Å². The maximum Gasteiger partial charge on any atom is 0.276 e. The summed E-state index contributed by atoms with van der Waals surface area (Å²) >= 11 is 0. The van der Waals surface area contributed by atoms with E-state index in [2.05, 4.69) is 27.2 Å². The molecule has 3 aromatic rings. The predicted molar refractivity (Wildman–Crippen MR) is 91.3 cm³/mol. The Labute approximate surface area is 150 Å². The second-order valence-corrected chi connectivity index (χ2v) is 6.87. The zero-order valence-electron chi connectivity index (χ0n) is 14.7. The summed E-state index contributed by atoms with van der Waals surface area (Å²) in [7, 11) is 0. The Kier molecular flexibility index (Phi) is 4.02. The highest BCUT2D eigenvalue weighted by Crippen LogP contribution is 2.33. The van der Waals surface area contributed by atoms with Crippen molar-refractivity contribution in [2.24, 2.45) is 0 Å². The zero-order chi connectivity index (χ0) is 18.1. The van der Waals surface area contributed by atoms with E-state index in [9.17, 15) is 4.79 Å². The Bertz CT molecular complexity index is 920. The molecule has 1 fully saturated rings. The lowest BCUT2D eigenvalue weighted by Crippen LogP contribution is -2.47. The van der Waals surface area contributed by atoms with Crippen LogP contribution < -0.4 is 0 Å². The molecule has 1 aliphatic rings. The number of carbonyl (C=O) groups is 1. The fourth-order valence-electron chi connectivity index (χ4n) is 3.30. The lowest BCUT2D eigenvalue weighted by molar-refractivity contribution is 0.0631. The molecule has 0 bridgehead atoms. The SMILES string of the molecule is Cc1cc(C(=O)N2CCCC(C)(c3noc(-c4ccncc4)n3)C2)no1. The van der Waals surface area contributed by atoms with Gasteiger partial charge in [-0.2, -0.15) is 4.98 Å². The van der Waals surface area contributed by atoms with E-state index in [0.29, 0.717) is 36.3 Å². The third-order valence-corrected chi connectivity index (χ3v) is 4.72. The van der Waals surface area contributed by atoms with Crippen LogP contribution in [-0.2, 0) is 5.41 Å². The van der Waals surface area contributed by atoms with Crippen molar-refractivity contribution >= 4 is 5.91 Å². The molecule has 1 amide bonds. The maximum absolute atomic E-state index is 12.7. The summed E-state index contributed by atoms with van der Waals surface area (Å²) in [6, 6.07) is 5.30. The molecular weight excluding hydrogens is 334 g/mol. The number of likely N-dealkylation sites (tertiary alicyclic amines) is 1. The summed E-state index contributed by atoms with van der Waals surface area (Å²) in [4.78, 5) is 23.0. The van der Waals surface area contributed by atoms with Crippen molar-refractivity contribution in [3.8, 4) is 11.5 Å². The van der Waals surface area contributed by atoms with Gasteiger partial charge in [-0.15, -0.1) is 0 Å². The Morgan fingerprint density at radius 2 is 2.04 bits per heavy atom. The van der Waals surface area contributed by atoms with Gasteiger partial charge in [-0.25, -0.2) is 0 Å².